The van der Waals surface area contributed by atoms with Crippen LogP contribution in [0.2, 0.25) is 0 Å². The molecule has 0 aliphatic rings. The summed E-state index contributed by atoms with van der Waals surface area (Å²) in [6.07, 6.45) is 0.455. The van der Waals surface area contributed by atoms with Gasteiger partial charge in [-0.3, -0.25) is 0 Å². The van der Waals surface area contributed by atoms with Gasteiger partial charge in [0, 0.05) is 12.0 Å². The lowest BCUT2D eigenvalue weighted by atomic mass is 10.1. The fourth-order valence-corrected chi connectivity index (χ4v) is 2.84. The van der Waals surface area contributed by atoms with Gasteiger partial charge >= 0.3 is 5.97 Å². The molecule has 3 rings (SSSR count). The number of hydrogen-bond acceptors (Lipinski definition) is 2. The molecular formula is C24H17F5O2. The molecule has 0 saturated heterocycles. The molecule has 0 aliphatic heterocycles. The van der Waals surface area contributed by atoms with E-state index in [1.807, 2.05) is 0 Å². The predicted molar refractivity (Wildman–Crippen MR) is 107 cm³/mol. The van der Waals surface area contributed by atoms with Crippen LogP contribution in [0, 0.1) is 17.5 Å². The Balaban J connectivity index is 1.72. The van der Waals surface area contributed by atoms with Crippen molar-refractivity contribution in [2.24, 2.45) is 0 Å². The summed E-state index contributed by atoms with van der Waals surface area (Å²) in [6.45, 7) is 1.73. The van der Waals surface area contributed by atoms with Crippen LogP contribution >= 0.6 is 0 Å². The van der Waals surface area contributed by atoms with E-state index >= 15 is 0 Å². The molecule has 7 heteroatoms. The third-order valence-electron chi connectivity index (χ3n) is 4.46. The number of halogens is 5. The van der Waals surface area contributed by atoms with E-state index in [1.54, 1.807) is 6.92 Å². The molecule has 3 aromatic rings. The monoisotopic (exact) mass is 432 g/mol. The Bertz CT molecular complexity index is 1100. The Labute approximate surface area is 175 Å². The lowest BCUT2D eigenvalue weighted by Gasteiger charge is -2.08. The first kappa shape index (κ1) is 22.2. The molecule has 0 unspecified atom stereocenters. The first-order valence-electron chi connectivity index (χ1n) is 9.42. The summed E-state index contributed by atoms with van der Waals surface area (Å²) in [4.78, 5) is 12.3. The Kier molecular flexibility index (Phi) is 6.84. The third-order valence-corrected chi connectivity index (χ3v) is 4.46. The molecule has 0 spiro atoms. The summed E-state index contributed by atoms with van der Waals surface area (Å²) in [5.74, 6) is -6.56. The first-order chi connectivity index (χ1) is 14.8. The maximum absolute atomic E-state index is 14.0. The molecule has 0 saturated carbocycles. The van der Waals surface area contributed by atoms with Gasteiger partial charge in [-0.25, -0.2) is 26.7 Å². The molecule has 0 amide bonds. The van der Waals surface area contributed by atoms with Crippen molar-refractivity contribution in [2.75, 3.05) is 0 Å². The molecule has 160 valence electrons. The summed E-state index contributed by atoms with van der Waals surface area (Å²) in [5, 5.41) is 0. The normalized spacial score (nSPS) is 11.8. The van der Waals surface area contributed by atoms with Gasteiger partial charge in [0.2, 0.25) is 0 Å². The Morgan fingerprint density at radius 3 is 1.90 bits per heavy atom. The average molecular weight is 432 g/mol. The van der Waals surface area contributed by atoms with Crippen LogP contribution in [0.4, 0.5) is 22.0 Å². The number of ether oxygens (including phenoxy) is 1. The second-order valence-corrected chi connectivity index (χ2v) is 6.71. The van der Waals surface area contributed by atoms with Crippen molar-refractivity contribution in [3.05, 3.63) is 95.1 Å². The van der Waals surface area contributed by atoms with Crippen molar-refractivity contribution in [3.63, 3.8) is 0 Å². The lowest BCUT2D eigenvalue weighted by Crippen LogP contribution is -2.08. The molecule has 0 aliphatic carbocycles. The van der Waals surface area contributed by atoms with E-state index in [-0.39, 0.29) is 28.9 Å². The summed E-state index contributed by atoms with van der Waals surface area (Å²) in [6, 6.07) is 12.6. The Morgan fingerprint density at radius 1 is 0.806 bits per heavy atom. The topological polar surface area (TPSA) is 26.3 Å². The second-order valence-electron chi connectivity index (χ2n) is 6.71. The number of carbonyl (C=O) groups is 1. The van der Waals surface area contributed by atoms with Gasteiger partial charge < -0.3 is 4.74 Å². The fraction of sp³-hybridized carbons (Fsp3) is 0.125. The minimum atomic E-state index is -1.55. The third kappa shape index (κ3) is 5.17. The van der Waals surface area contributed by atoms with E-state index in [9.17, 15) is 26.7 Å². The SMILES string of the molecule is CCCC(F)=C(F)c1ccc(C(=O)Oc2ccc(-c3cc(F)c(F)c(F)c3)cc2)cc1. The summed E-state index contributed by atoms with van der Waals surface area (Å²) < 4.78 is 72.7. The minimum Gasteiger partial charge on any atom is -0.423 e. The zero-order valence-electron chi connectivity index (χ0n) is 16.4. The van der Waals surface area contributed by atoms with E-state index in [4.69, 9.17) is 4.74 Å². The summed E-state index contributed by atoms with van der Waals surface area (Å²) in [7, 11) is 0. The number of rotatable bonds is 6. The van der Waals surface area contributed by atoms with Crippen LogP contribution in [0.5, 0.6) is 5.75 Å². The van der Waals surface area contributed by atoms with E-state index < -0.39 is 35.1 Å². The van der Waals surface area contributed by atoms with Gasteiger partial charge in [0.25, 0.3) is 0 Å². The molecule has 0 aromatic heterocycles. The van der Waals surface area contributed by atoms with Crippen molar-refractivity contribution >= 4 is 11.8 Å². The van der Waals surface area contributed by atoms with E-state index in [1.165, 1.54) is 48.5 Å². The van der Waals surface area contributed by atoms with Crippen LogP contribution in [0.1, 0.15) is 35.7 Å². The van der Waals surface area contributed by atoms with E-state index in [0.717, 1.165) is 12.1 Å². The van der Waals surface area contributed by atoms with Crippen molar-refractivity contribution < 1.29 is 31.5 Å². The standard InChI is InChI=1S/C24H17F5O2/c1-2-3-19(25)22(28)15-4-6-16(7-5-15)24(30)31-18-10-8-14(9-11-18)17-12-20(26)23(29)21(27)13-17/h4-13H,2-3H2,1H3. The highest BCUT2D eigenvalue weighted by Gasteiger charge is 2.14. The molecule has 3 aromatic carbocycles. The van der Waals surface area contributed by atoms with Gasteiger partial charge in [-0.05, 0) is 53.9 Å². The maximum atomic E-state index is 14.0. The molecule has 2 nitrogen and oxygen atoms in total. The summed E-state index contributed by atoms with van der Waals surface area (Å²) >= 11 is 0. The highest BCUT2D eigenvalue weighted by atomic mass is 19.2. The number of allylic oxidation sites excluding steroid dienone is 1. The van der Waals surface area contributed by atoms with Crippen LogP contribution in [0.15, 0.2) is 66.5 Å². The quantitative estimate of drug-likeness (QED) is 0.176. The molecular weight excluding hydrogens is 415 g/mol. The Morgan fingerprint density at radius 2 is 1.35 bits per heavy atom. The first-order valence-corrected chi connectivity index (χ1v) is 9.42. The van der Waals surface area contributed by atoms with Crippen LogP contribution in [-0.2, 0) is 0 Å². The van der Waals surface area contributed by atoms with Gasteiger partial charge in [-0.1, -0.05) is 31.2 Å². The molecule has 31 heavy (non-hydrogen) atoms. The minimum absolute atomic E-state index is 0.0111. The molecule has 0 radical (unpaired) electrons. The molecule has 0 bridgehead atoms. The average Bonchev–Trinajstić information content (AvgIpc) is 2.77. The maximum Gasteiger partial charge on any atom is 0.343 e. The van der Waals surface area contributed by atoms with Crippen molar-refractivity contribution in [1.82, 2.24) is 0 Å². The van der Waals surface area contributed by atoms with Gasteiger partial charge in [-0.15, -0.1) is 0 Å². The van der Waals surface area contributed by atoms with E-state index in [0.29, 0.717) is 12.0 Å². The number of benzene rings is 3. The summed E-state index contributed by atoms with van der Waals surface area (Å²) in [5.41, 5.74) is 0.651. The van der Waals surface area contributed by atoms with Crippen LogP contribution in [-0.4, -0.2) is 5.97 Å². The van der Waals surface area contributed by atoms with Gasteiger partial charge in [0.1, 0.15) is 11.6 Å². The number of hydrogen-bond donors (Lipinski definition) is 0. The van der Waals surface area contributed by atoms with Crippen molar-refractivity contribution in [3.8, 4) is 16.9 Å². The van der Waals surface area contributed by atoms with Gasteiger partial charge in [0.05, 0.1) is 5.56 Å². The second kappa shape index (κ2) is 9.55. The molecule has 0 N–H and O–H groups in total. The van der Waals surface area contributed by atoms with Gasteiger partial charge in [0.15, 0.2) is 23.3 Å². The van der Waals surface area contributed by atoms with E-state index in [2.05, 4.69) is 0 Å². The smallest absolute Gasteiger partial charge is 0.343 e. The molecule has 0 fully saturated rings. The zero-order chi connectivity index (χ0) is 22.5. The Hall–Kier alpha value is -3.48. The number of carbonyl (C=O) groups excluding carboxylic acids is 1. The highest BCUT2D eigenvalue weighted by molar-refractivity contribution is 5.91. The van der Waals surface area contributed by atoms with Crippen molar-refractivity contribution in [2.45, 2.75) is 19.8 Å². The fourth-order valence-electron chi connectivity index (χ4n) is 2.84. The van der Waals surface area contributed by atoms with Crippen LogP contribution in [0.25, 0.3) is 17.0 Å². The lowest BCUT2D eigenvalue weighted by molar-refractivity contribution is 0.0734. The number of esters is 1. The zero-order valence-corrected chi connectivity index (χ0v) is 16.4. The predicted octanol–water partition coefficient (Wildman–Crippen LogP) is 7.40. The molecule has 0 heterocycles. The van der Waals surface area contributed by atoms with Crippen LogP contribution in [0.3, 0.4) is 0 Å². The molecule has 0 atom stereocenters. The van der Waals surface area contributed by atoms with Gasteiger partial charge in [-0.2, -0.15) is 0 Å². The highest BCUT2D eigenvalue weighted by Crippen LogP contribution is 2.27. The van der Waals surface area contributed by atoms with Crippen molar-refractivity contribution in [1.29, 1.82) is 0 Å². The van der Waals surface area contributed by atoms with Crippen LogP contribution < -0.4 is 4.74 Å². The largest absolute Gasteiger partial charge is 0.423 e.